The number of rotatable bonds is 0. The normalized spacial score (nSPS) is 8.64. The Morgan fingerprint density at radius 3 is 1.73 bits per heavy atom. The average Bonchev–Trinajstić information content (AvgIpc) is 1.87. The van der Waals surface area contributed by atoms with Crippen LogP contribution in [0.25, 0.3) is 0 Å². The van der Waals surface area contributed by atoms with Crippen molar-refractivity contribution in [2.24, 2.45) is 0 Å². The van der Waals surface area contributed by atoms with Gasteiger partial charge in [-0.05, 0) is 6.92 Å². The third-order valence-corrected chi connectivity index (χ3v) is 0.940. The highest BCUT2D eigenvalue weighted by molar-refractivity contribution is 14.2. The lowest BCUT2D eigenvalue weighted by atomic mass is 10.2. The van der Waals surface area contributed by atoms with Crippen molar-refractivity contribution >= 4 is 29.1 Å². The molecule has 0 aliphatic rings. The van der Waals surface area contributed by atoms with E-state index in [2.05, 4.69) is 19.1 Å². The van der Waals surface area contributed by atoms with E-state index in [1.807, 2.05) is 18.2 Å². The van der Waals surface area contributed by atoms with Crippen LogP contribution in [0.3, 0.4) is 0 Å². The molecule has 0 atom stereocenters. The SMILES string of the molecule is Cc1ccccc1.O=[SH](=O)I. The Kier molecular flexibility index (Phi) is 6.54. The molecule has 1 rings (SSSR count). The summed E-state index contributed by atoms with van der Waals surface area (Å²) in [5, 5.41) is 0. The first-order valence-corrected chi connectivity index (χ1v) is 6.91. The van der Waals surface area contributed by atoms with Gasteiger partial charge in [0.15, 0.2) is 7.88 Å². The third kappa shape index (κ3) is 9.90. The zero-order valence-electron chi connectivity index (χ0n) is 6.03. The summed E-state index contributed by atoms with van der Waals surface area (Å²) in [4.78, 5) is 0. The van der Waals surface area contributed by atoms with E-state index in [-0.39, 0.29) is 0 Å². The smallest absolute Gasteiger partial charge is 0.193 e. The van der Waals surface area contributed by atoms with Gasteiger partial charge < -0.3 is 0 Å². The van der Waals surface area contributed by atoms with Crippen LogP contribution in [-0.2, 0) is 7.88 Å². The van der Waals surface area contributed by atoms with Crippen LogP contribution in [0.1, 0.15) is 5.56 Å². The molecule has 62 valence electrons. The predicted octanol–water partition coefficient (Wildman–Crippen LogP) is 1.94. The summed E-state index contributed by atoms with van der Waals surface area (Å²) in [5.74, 6) is 0. The summed E-state index contributed by atoms with van der Waals surface area (Å²) in [5.41, 5.74) is 1.32. The Bertz CT molecular complexity index is 248. The Morgan fingerprint density at radius 2 is 1.55 bits per heavy atom. The minimum absolute atomic E-state index is 1.30. The van der Waals surface area contributed by atoms with Crippen molar-refractivity contribution < 1.29 is 8.42 Å². The molecule has 0 fully saturated rings. The Labute approximate surface area is 80.2 Å². The number of hydrogen-bond donors (Lipinski definition) is 1. The molecule has 0 spiro atoms. The Morgan fingerprint density at radius 1 is 1.18 bits per heavy atom. The van der Waals surface area contributed by atoms with Crippen molar-refractivity contribution in [2.75, 3.05) is 0 Å². The first-order chi connectivity index (χ1) is 5.13. The van der Waals surface area contributed by atoms with Crippen molar-refractivity contribution in [3.8, 4) is 0 Å². The van der Waals surface area contributed by atoms with Crippen molar-refractivity contribution in [2.45, 2.75) is 6.92 Å². The fourth-order valence-corrected chi connectivity index (χ4v) is 0.534. The van der Waals surface area contributed by atoms with E-state index < -0.39 is 7.88 Å². The van der Waals surface area contributed by atoms with Gasteiger partial charge in [-0.1, -0.05) is 35.9 Å². The van der Waals surface area contributed by atoms with E-state index in [0.29, 0.717) is 0 Å². The summed E-state index contributed by atoms with van der Waals surface area (Å²) in [7, 11) is -2.15. The van der Waals surface area contributed by atoms with Crippen LogP contribution in [0.15, 0.2) is 30.3 Å². The minimum atomic E-state index is -2.15. The second-order valence-corrected chi connectivity index (χ2v) is 4.66. The molecule has 0 amide bonds. The standard InChI is InChI=1S/C7H8.HIO2S/c1-7-5-3-2-4-6-7;1-4(2)3/h2-6H,1H3;4H. The molecule has 0 aliphatic heterocycles. The summed E-state index contributed by atoms with van der Waals surface area (Å²) < 4.78 is 18.0. The fraction of sp³-hybridized carbons (Fsp3) is 0.143. The Balaban J connectivity index is 0.000000218. The molecule has 0 unspecified atom stereocenters. The molecule has 0 saturated carbocycles. The maximum absolute atomic E-state index is 9.02. The number of thiol groups is 1. The van der Waals surface area contributed by atoms with Gasteiger partial charge in [-0.25, -0.2) is 8.42 Å². The van der Waals surface area contributed by atoms with Crippen LogP contribution in [-0.4, -0.2) is 8.42 Å². The topological polar surface area (TPSA) is 34.1 Å². The predicted molar refractivity (Wildman–Crippen MR) is 55.5 cm³/mol. The van der Waals surface area contributed by atoms with Gasteiger partial charge in [0.1, 0.15) is 0 Å². The molecule has 11 heavy (non-hydrogen) atoms. The molecule has 0 N–H and O–H groups in total. The summed E-state index contributed by atoms with van der Waals surface area (Å²) in [6.07, 6.45) is 0. The molecular weight excluding hydrogens is 275 g/mol. The molecule has 0 aliphatic carbocycles. The first-order valence-electron chi connectivity index (χ1n) is 2.94. The summed E-state index contributed by atoms with van der Waals surface area (Å²) in [6.45, 7) is 2.08. The van der Waals surface area contributed by atoms with E-state index >= 15 is 0 Å². The quantitative estimate of drug-likeness (QED) is 0.449. The lowest BCUT2D eigenvalue weighted by molar-refractivity contribution is 0.628. The molecular formula is C7H9IO2S. The zero-order chi connectivity index (χ0) is 8.69. The second-order valence-electron chi connectivity index (χ2n) is 1.87. The largest absolute Gasteiger partial charge is 0.221 e. The molecule has 0 aromatic heterocycles. The van der Waals surface area contributed by atoms with E-state index in [1.54, 1.807) is 0 Å². The number of hydrogen-bond acceptors (Lipinski definition) is 2. The molecule has 4 heteroatoms. The van der Waals surface area contributed by atoms with Gasteiger partial charge in [0.25, 0.3) is 0 Å². The van der Waals surface area contributed by atoms with Gasteiger partial charge >= 0.3 is 0 Å². The highest BCUT2D eigenvalue weighted by atomic mass is 127. The van der Waals surface area contributed by atoms with Crippen LogP contribution >= 0.6 is 21.2 Å². The highest BCUT2D eigenvalue weighted by Gasteiger charge is 1.72. The lowest BCUT2D eigenvalue weighted by Crippen LogP contribution is -1.62. The van der Waals surface area contributed by atoms with Crippen molar-refractivity contribution in [3.05, 3.63) is 35.9 Å². The maximum Gasteiger partial charge on any atom is 0.193 e. The van der Waals surface area contributed by atoms with E-state index in [9.17, 15) is 0 Å². The molecule has 2 nitrogen and oxygen atoms in total. The maximum atomic E-state index is 9.02. The first kappa shape index (κ1) is 10.9. The Hall–Kier alpha value is -0.100. The molecule has 1 aromatic rings. The van der Waals surface area contributed by atoms with E-state index in [0.717, 1.165) is 0 Å². The highest BCUT2D eigenvalue weighted by Crippen LogP contribution is 1.92. The van der Waals surface area contributed by atoms with E-state index in [1.165, 1.54) is 26.8 Å². The van der Waals surface area contributed by atoms with Crippen LogP contribution in [0.2, 0.25) is 0 Å². The van der Waals surface area contributed by atoms with Gasteiger partial charge in [0.2, 0.25) is 0 Å². The number of aryl methyl sites for hydroxylation is 1. The van der Waals surface area contributed by atoms with Gasteiger partial charge in [0, 0.05) is 0 Å². The average molecular weight is 284 g/mol. The molecule has 0 radical (unpaired) electrons. The minimum Gasteiger partial charge on any atom is -0.221 e. The molecule has 0 bridgehead atoms. The van der Waals surface area contributed by atoms with Gasteiger partial charge in [-0.2, -0.15) is 0 Å². The second kappa shape index (κ2) is 6.60. The van der Waals surface area contributed by atoms with Gasteiger partial charge in [0.05, 0.1) is 21.2 Å². The van der Waals surface area contributed by atoms with Crippen molar-refractivity contribution in [1.82, 2.24) is 0 Å². The molecule has 0 saturated heterocycles. The van der Waals surface area contributed by atoms with Gasteiger partial charge in [-0.3, -0.25) is 0 Å². The fourth-order valence-electron chi connectivity index (χ4n) is 0.534. The lowest BCUT2D eigenvalue weighted by Gasteiger charge is -1.82. The van der Waals surface area contributed by atoms with Crippen LogP contribution in [0.4, 0.5) is 0 Å². The molecule has 1 aromatic carbocycles. The van der Waals surface area contributed by atoms with Crippen LogP contribution in [0, 0.1) is 6.92 Å². The van der Waals surface area contributed by atoms with E-state index in [4.69, 9.17) is 8.42 Å². The number of benzene rings is 1. The van der Waals surface area contributed by atoms with Crippen LogP contribution in [0.5, 0.6) is 0 Å². The van der Waals surface area contributed by atoms with Crippen LogP contribution < -0.4 is 0 Å². The van der Waals surface area contributed by atoms with Crippen molar-refractivity contribution in [1.29, 1.82) is 0 Å². The monoisotopic (exact) mass is 284 g/mol. The summed E-state index contributed by atoms with van der Waals surface area (Å²) >= 11 is 1.30. The third-order valence-electron chi connectivity index (χ3n) is 0.940. The van der Waals surface area contributed by atoms with Crippen molar-refractivity contribution in [3.63, 3.8) is 0 Å². The zero-order valence-corrected chi connectivity index (χ0v) is 9.08. The number of halogens is 1. The summed E-state index contributed by atoms with van der Waals surface area (Å²) in [6, 6.07) is 10.3. The van der Waals surface area contributed by atoms with Gasteiger partial charge in [-0.15, -0.1) is 0 Å². The molecule has 0 heterocycles.